The minimum atomic E-state index is -4.93. The van der Waals surface area contributed by atoms with Crippen LogP contribution in [0.3, 0.4) is 0 Å². The normalized spacial score (nSPS) is 14.3. The van der Waals surface area contributed by atoms with Crippen molar-refractivity contribution in [3.8, 4) is 0 Å². The topological polar surface area (TPSA) is 86.8 Å². The van der Waals surface area contributed by atoms with Crippen molar-refractivity contribution >= 4 is 62.3 Å². The molecule has 4 aromatic carbocycles. The number of hydrogen-bond acceptors (Lipinski definition) is 4. The van der Waals surface area contributed by atoms with Gasteiger partial charge < -0.3 is 10.2 Å². The fourth-order valence-electron chi connectivity index (χ4n) is 5.91. The number of anilines is 1. The van der Waals surface area contributed by atoms with Crippen LogP contribution < -0.4 is 9.62 Å². The highest BCUT2D eigenvalue weighted by molar-refractivity contribution is 7.92. The van der Waals surface area contributed by atoms with E-state index in [4.69, 9.17) is 34.8 Å². The average molecular weight is 767 g/mol. The van der Waals surface area contributed by atoms with E-state index in [2.05, 4.69) is 5.32 Å². The van der Waals surface area contributed by atoms with Gasteiger partial charge in [-0.3, -0.25) is 13.9 Å². The number of nitrogens with zero attached hydrogens (tertiary/aromatic N) is 2. The molecular formula is C36H33Cl3F3N3O4S. The van der Waals surface area contributed by atoms with Gasteiger partial charge in [-0.15, -0.1) is 0 Å². The molecule has 0 aromatic heterocycles. The third-order valence-corrected chi connectivity index (χ3v) is 11.3. The van der Waals surface area contributed by atoms with Gasteiger partial charge >= 0.3 is 6.18 Å². The number of carbonyl (C=O) groups excluding carboxylic acids is 2. The lowest BCUT2D eigenvalue weighted by molar-refractivity contribution is -0.140. The maximum atomic E-state index is 14.7. The molecule has 1 fully saturated rings. The first kappa shape index (κ1) is 37.5. The van der Waals surface area contributed by atoms with Crippen LogP contribution in [0.2, 0.25) is 15.1 Å². The number of amides is 2. The minimum Gasteiger partial charge on any atom is -0.352 e. The summed E-state index contributed by atoms with van der Waals surface area (Å²) in [6, 6.07) is 22.0. The molecule has 0 spiro atoms. The zero-order valence-corrected chi connectivity index (χ0v) is 29.6. The average Bonchev–Trinajstić information content (AvgIpc) is 3.60. The molecule has 0 heterocycles. The second-order valence-corrected chi connectivity index (χ2v) is 15.0. The summed E-state index contributed by atoms with van der Waals surface area (Å²) in [5.41, 5.74) is -0.720. The Kier molecular flexibility index (Phi) is 12.0. The maximum absolute atomic E-state index is 14.7. The van der Waals surface area contributed by atoms with Crippen molar-refractivity contribution in [2.45, 2.75) is 61.8 Å². The lowest BCUT2D eigenvalue weighted by Gasteiger charge is -2.34. The molecule has 0 radical (unpaired) electrons. The number of carbonyl (C=O) groups is 2. The Morgan fingerprint density at radius 3 is 2.02 bits per heavy atom. The zero-order chi connectivity index (χ0) is 36.1. The van der Waals surface area contributed by atoms with E-state index in [0.717, 1.165) is 37.8 Å². The van der Waals surface area contributed by atoms with E-state index in [1.807, 2.05) is 0 Å². The highest BCUT2D eigenvalue weighted by Crippen LogP contribution is 2.38. The van der Waals surface area contributed by atoms with Gasteiger partial charge in [-0.25, -0.2) is 8.42 Å². The summed E-state index contributed by atoms with van der Waals surface area (Å²) in [7, 11) is -4.65. The van der Waals surface area contributed by atoms with Gasteiger partial charge in [-0.05, 0) is 60.9 Å². The molecule has 1 N–H and O–H groups in total. The molecule has 264 valence electrons. The minimum absolute atomic E-state index is 0.0395. The first-order valence-electron chi connectivity index (χ1n) is 15.8. The predicted octanol–water partition coefficient (Wildman–Crippen LogP) is 8.56. The Labute approximate surface area is 304 Å². The first-order valence-corrected chi connectivity index (χ1v) is 18.3. The molecule has 0 aliphatic heterocycles. The van der Waals surface area contributed by atoms with Crippen molar-refractivity contribution in [1.29, 1.82) is 0 Å². The van der Waals surface area contributed by atoms with Gasteiger partial charge in [0.15, 0.2) is 0 Å². The summed E-state index contributed by atoms with van der Waals surface area (Å²) >= 11 is 19.0. The number of sulfonamides is 1. The van der Waals surface area contributed by atoms with Crippen molar-refractivity contribution in [1.82, 2.24) is 10.2 Å². The van der Waals surface area contributed by atoms with E-state index >= 15 is 0 Å². The third-order valence-electron chi connectivity index (χ3n) is 8.52. The summed E-state index contributed by atoms with van der Waals surface area (Å²) in [5.74, 6) is -1.35. The molecule has 0 bridgehead atoms. The van der Waals surface area contributed by atoms with Crippen LogP contribution >= 0.6 is 34.8 Å². The first-order chi connectivity index (χ1) is 23.8. The molecule has 14 heteroatoms. The van der Waals surface area contributed by atoms with Crippen LogP contribution in [0.25, 0.3) is 0 Å². The lowest BCUT2D eigenvalue weighted by Crippen LogP contribution is -2.54. The molecule has 1 saturated carbocycles. The van der Waals surface area contributed by atoms with Crippen molar-refractivity contribution < 1.29 is 31.2 Å². The summed E-state index contributed by atoms with van der Waals surface area (Å²) in [6.07, 6.45) is -1.51. The van der Waals surface area contributed by atoms with Gasteiger partial charge in [0, 0.05) is 34.6 Å². The summed E-state index contributed by atoms with van der Waals surface area (Å²) in [6.45, 7) is -1.28. The molecule has 1 aliphatic carbocycles. The fourth-order valence-corrected chi connectivity index (χ4v) is 8.08. The smallest absolute Gasteiger partial charge is 0.352 e. The second kappa shape index (κ2) is 16.1. The van der Waals surface area contributed by atoms with Crippen LogP contribution in [0.1, 0.15) is 42.4 Å². The van der Waals surface area contributed by atoms with Crippen LogP contribution in [0, 0.1) is 0 Å². The Hall–Kier alpha value is -3.77. The van der Waals surface area contributed by atoms with Crippen LogP contribution in [-0.4, -0.2) is 43.8 Å². The van der Waals surface area contributed by atoms with Crippen LogP contribution in [-0.2, 0) is 38.8 Å². The van der Waals surface area contributed by atoms with Gasteiger partial charge in [0.25, 0.3) is 10.0 Å². The van der Waals surface area contributed by atoms with E-state index in [1.165, 1.54) is 29.2 Å². The van der Waals surface area contributed by atoms with Crippen LogP contribution in [0.5, 0.6) is 0 Å². The van der Waals surface area contributed by atoms with Crippen molar-refractivity contribution in [3.05, 3.63) is 129 Å². The Bertz CT molecular complexity index is 1910. The molecule has 4 aromatic rings. The Morgan fingerprint density at radius 1 is 0.820 bits per heavy atom. The highest BCUT2D eigenvalue weighted by atomic mass is 35.5. The van der Waals surface area contributed by atoms with Gasteiger partial charge in [-0.2, -0.15) is 13.2 Å². The molecule has 1 atom stereocenters. The number of rotatable bonds is 12. The fraction of sp³-hybridized carbons (Fsp3) is 0.278. The zero-order valence-electron chi connectivity index (χ0n) is 26.5. The third kappa shape index (κ3) is 8.93. The van der Waals surface area contributed by atoms with E-state index in [1.54, 1.807) is 54.6 Å². The van der Waals surface area contributed by atoms with E-state index in [-0.39, 0.29) is 33.9 Å². The van der Waals surface area contributed by atoms with Crippen molar-refractivity contribution in [3.63, 3.8) is 0 Å². The van der Waals surface area contributed by atoms with Crippen molar-refractivity contribution in [2.24, 2.45) is 0 Å². The van der Waals surface area contributed by atoms with E-state index in [0.29, 0.717) is 21.5 Å². The molecule has 0 saturated heterocycles. The van der Waals surface area contributed by atoms with Crippen LogP contribution in [0.15, 0.2) is 102 Å². The SMILES string of the molecule is O=C(NC1CCCC1)C(Cc1ccccc1)N(Cc1c(Cl)cccc1Cl)C(=O)CN(c1ccc(Cl)c(C(F)(F)F)c1)S(=O)(=O)c1ccccc1. The maximum Gasteiger partial charge on any atom is 0.417 e. The largest absolute Gasteiger partial charge is 0.417 e. The number of benzene rings is 4. The summed E-state index contributed by atoms with van der Waals surface area (Å²) in [5, 5.41) is 2.80. The molecule has 1 aliphatic rings. The van der Waals surface area contributed by atoms with Gasteiger partial charge in [0.2, 0.25) is 11.8 Å². The predicted molar refractivity (Wildman–Crippen MR) is 189 cm³/mol. The Morgan fingerprint density at radius 2 is 1.42 bits per heavy atom. The summed E-state index contributed by atoms with van der Waals surface area (Å²) in [4.78, 5) is 29.7. The molecule has 2 amide bonds. The molecule has 50 heavy (non-hydrogen) atoms. The van der Waals surface area contributed by atoms with E-state index in [9.17, 15) is 31.2 Å². The number of nitrogens with one attached hydrogen (secondary N) is 1. The van der Waals surface area contributed by atoms with Crippen molar-refractivity contribution in [2.75, 3.05) is 10.8 Å². The molecule has 5 rings (SSSR count). The quantitative estimate of drug-likeness (QED) is 0.157. The Balaban J connectivity index is 1.63. The van der Waals surface area contributed by atoms with Crippen LogP contribution in [0.4, 0.5) is 18.9 Å². The van der Waals surface area contributed by atoms with Gasteiger partial charge in [0.1, 0.15) is 12.6 Å². The number of halogens is 6. The molecular weight excluding hydrogens is 734 g/mol. The highest BCUT2D eigenvalue weighted by Gasteiger charge is 2.38. The molecule has 7 nitrogen and oxygen atoms in total. The van der Waals surface area contributed by atoms with Gasteiger partial charge in [0.05, 0.1) is 21.2 Å². The second-order valence-electron chi connectivity index (χ2n) is 11.9. The number of alkyl halides is 3. The monoisotopic (exact) mass is 765 g/mol. The molecule has 1 unspecified atom stereocenters. The summed E-state index contributed by atoms with van der Waals surface area (Å²) < 4.78 is 70.9. The lowest BCUT2D eigenvalue weighted by atomic mass is 10.0. The number of hydrogen-bond donors (Lipinski definition) is 1. The van der Waals surface area contributed by atoms with E-state index < -0.39 is 56.9 Å². The van der Waals surface area contributed by atoms with Gasteiger partial charge in [-0.1, -0.05) is 102 Å². The standard InChI is InChI=1S/C36H33Cl3F3N3O4S/c37-30-16-9-17-31(38)28(30)22-44(33(20-24-10-3-1-4-11-24)35(47)43-25-12-7-8-13-25)34(46)23-45(50(48,49)27-14-5-2-6-15-27)26-18-19-32(39)29(21-26)36(40,41)42/h1-6,9-11,14-19,21,25,33H,7-8,12-13,20,22-23H2,(H,43,47).